The van der Waals surface area contributed by atoms with Crippen LogP contribution in [0.3, 0.4) is 0 Å². The van der Waals surface area contributed by atoms with Gasteiger partial charge in [-0.15, -0.1) is 0 Å². The average molecular weight is 340 g/mol. The maximum absolute atomic E-state index is 6.37. The van der Waals surface area contributed by atoms with Crippen molar-refractivity contribution in [3.05, 3.63) is 28.2 Å². The first-order chi connectivity index (χ1) is 9.64. The lowest BCUT2D eigenvalue weighted by atomic mass is 9.83. The molecule has 3 nitrogen and oxygen atoms in total. The maximum atomic E-state index is 6.37. The third-order valence-electron chi connectivity index (χ3n) is 4.48. The van der Waals surface area contributed by atoms with E-state index in [9.17, 15) is 0 Å². The van der Waals surface area contributed by atoms with Crippen LogP contribution in [0.15, 0.2) is 22.7 Å². The zero-order valence-electron chi connectivity index (χ0n) is 12.1. The van der Waals surface area contributed by atoms with Crippen LogP contribution in [0.2, 0.25) is 0 Å². The molecule has 1 aromatic carbocycles. The summed E-state index contributed by atoms with van der Waals surface area (Å²) < 4.78 is 13.3. The van der Waals surface area contributed by atoms with Crippen molar-refractivity contribution < 1.29 is 9.47 Å². The summed E-state index contributed by atoms with van der Waals surface area (Å²) in [6.07, 6.45) is 3.26. The minimum atomic E-state index is -0.160. The van der Waals surface area contributed by atoms with Crippen LogP contribution in [0.5, 0.6) is 5.75 Å². The second kappa shape index (κ2) is 5.66. The van der Waals surface area contributed by atoms with Crippen LogP contribution in [-0.4, -0.2) is 24.9 Å². The van der Waals surface area contributed by atoms with E-state index in [0.29, 0.717) is 6.04 Å². The molecule has 1 fully saturated rings. The second-order valence-electron chi connectivity index (χ2n) is 5.82. The van der Waals surface area contributed by atoms with Crippen molar-refractivity contribution in [3.63, 3.8) is 0 Å². The Kier molecular flexibility index (Phi) is 4.07. The molecule has 2 heterocycles. The van der Waals surface area contributed by atoms with Crippen LogP contribution in [-0.2, 0) is 4.74 Å². The van der Waals surface area contributed by atoms with Crippen LogP contribution in [0, 0.1) is 0 Å². The summed E-state index contributed by atoms with van der Waals surface area (Å²) in [5, 5.41) is 3.67. The van der Waals surface area contributed by atoms with Crippen molar-refractivity contribution in [2.45, 2.75) is 50.9 Å². The molecule has 0 aliphatic carbocycles. The van der Waals surface area contributed by atoms with Crippen LogP contribution in [0.4, 0.5) is 0 Å². The Morgan fingerprint density at radius 3 is 3.00 bits per heavy atom. The van der Waals surface area contributed by atoms with E-state index in [4.69, 9.17) is 9.47 Å². The van der Waals surface area contributed by atoms with Crippen LogP contribution in [0.25, 0.3) is 0 Å². The first kappa shape index (κ1) is 14.4. The molecule has 4 heteroatoms. The molecule has 0 radical (unpaired) electrons. The van der Waals surface area contributed by atoms with Crippen molar-refractivity contribution in [2.75, 3.05) is 13.2 Å². The van der Waals surface area contributed by atoms with Crippen LogP contribution in [0.1, 0.15) is 44.7 Å². The summed E-state index contributed by atoms with van der Waals surface area (Å²) in [5.41, 5.74) is 1.10. The molecule has 0 amide bonds. The third kappa shape index (κ3) is 2.49. The van der Waals surface area contributed by atoms with Crippen LogP contribution >= 0.6 is 15.9 Å². The van der Waals surface area contributed by atoms with E-state index in [2.05, 4.69) is 53.3 Å². The Hall–Kier alpha value is -0.580. The summed E-state index contributed by atoms with van der Waals surface area (Å²) in [4.78, 5) is 0. The average Bonchev–Trinajstić information content (AvgIpc) is 2.78. The molecule has 110 valence electrons. The lowest BCUT2D eigenvalue weighted by molar-refractivity contribution is -0.0307. The highest BCUT2D eigenvalue weighted by molar-refractivity contribution is 9.10. The molecular formula is C16H22BrNO2. The van der Waals surface area contributed by atoms with Crippen molar-refractivity contribution in [1.29, 1.82) is 0 Å². The van der Waals surface area contributed by atoms with Gasteiger partial charge in [0, 0.05) is 28.9 Å². The van der Waals surface area contributed by atoms with Gasteiger partial charge in [0.05, 0.1) is 12.7 Å². The fraction of sp³-hybridized carbons (Fsp3) is 0.625. The molecule has 3 rings (SSSR count). The smallest absolute Gasteiger partial charge is 0.139 e. The molecular weight excluding hydrogens is 318 g/mol. The number of nitrogens with one attached hydrogen (secondary N) is 1. The van der Waals surface area contributed by atoms with Crippen molar-refractivity contribution >= 4 is 15.9 Å². The Morgan fingerprint density at radius 2 is 2.30 bits per heavy atom. The Labute approximate surface area is 129 Å². The van der Waals surface area contributed by atoms with Crippen molar-refractivity contribution in [2.24, 2.45) is 0 Å². The van der Waals surface area contributed by atoms with Gasteiger partial charge in [-0.05, 0) is 38.1 Å². The minimum Gasteiger partial charge on any atom is -0.484 e. The standard InChI is InChI=1S/C16H22BrNO2/c1-3-7-18-14-10-16(6-8-19-11(16)2)20-15-5-4-12(17)9-13(14)15/h4-5,9,11,14,18H,3,6-8,10H2,1-2H3. The number of ether oxygens (including phenoxy) is 2. The summed E-state index contributed by atoms with van der Waals surface area (Å²) in [7, 11) is 0. The number of hydrogen-bond acceptors (Lipinski definition) is 3. The van der Waals surface area contributed by atoms with Crippen molar-refractivity contribution in [3.8, 4) is 5.75 Å². The predicted molar refractivity (Wildman–Crippen MR) is 83.2 cm³/mol. The van der Waals surface area contributed by atoms with Gasteiger partial charge >= 0.3 is 0 Å². The number of benzene rings is 1. The highest BCUT2D eigenvalue weighted by Crippen LogP contribution is 2.46. The molecule has 3 unspecified atom stereocenters. The van der Waals surface area contributed by atoms with Gasteiger partial charge in [0.2, 0.25) is 0 Å². The first-order valence-corrected chi connectivity index (χ1v) is 8.27. The molecule has 0 bridgehead atoms. The van der Waals surface area contributed by atoms with Gasteiger partial charge in [0.15, 0.2) is 0 Å². The highest BCUT2D eigenvalue weighted by Gasteiger charge is 2.48. The fourth-order valence-electron chi connectivity index (χ4n) is 3.27. The molecule has 1 saturated heterocycles. The quantitative estimate of drug-likeness (QED) is 0.907. The number of fused-ring (bicyclic) bond motifs is 1. The Balaban J connectivity index is 1.94. The van der Waals surface area contributed by atoms with Gasteiger partial charge < -0.3 is 14.8 Å². The van der Waals surface area contributed by atoms with E-state index >= 15 is 0 Å². The van der Waals surface area contributed by atoms with E-state index < -0.39 is 0 Å². The Morgan fingerprint density at radius 1 is 1.45 bits per heavy atom. The highest BCUT2D eigenvalue weighted by atomic mass is 79.9. The molecule has 1 N–H and O–H groups in total. The molecule has 1 spiro atoms. The van der Waals surface area contributed by atoms with Gasteiger partial charge in [-0.2, -0.15) is 0 Å². The van der Waals surface area contributed by atoms with Crippen LogP contribution < -0.4 is 10.1 Å². The maximum Gasteiger partial charge on any atom is 0.139 e. The lowest BCUT2D eigenvalue weighted by Gasteiger charge is -2.42. The topological polar surface area (TPSA) is 30.5 Å². The van der Waals surface area contributed by atoms with Gasteiger partial charge in [-0.3, -0.25) is 0 Å². The summed E-state index contributed by atoms with van der Waals surface area (Å²) in [6, 6.07) is 6.65. The van der Waals surface area contributed by atoms with Crippen molar-refractivity contribution in [1.82, 2.24) is 5.32 Å². The molecule has 1 aromatic rings. The number of rotatable bonds is 3. The monoisotopic (exact) mass is 339 g/mol. The minimum absolute atomic E-state index is 0.158. The molecule has 0 aromatic heterocycles. The Bertz CT molecular complexity index is 493. The van der Waals surface area contributed by atoms with Gasteiger partial charge in [0.25, 0.3) is 0 Å². The first-order valence-electron chi connectivity index (χ1n) is 7.48. The van der Waals surface area contributed by atoms with E-state index in [-0.39, 0.29) is 11.7 Å². The van der Waals surface area contributed by atoms with Gasteiger partial charge in [0.1, 0.15) is 11.4 Å². The van der Waals surface area contributed by atoms with E-state index in [1.54, 1.807) is 0 Å². The number of hydrogen-bond donors (Lipinski definition) is 1. The van der Waals surface area contributed by atoms with Gasteiger partial charge in [-0.25, -0.2) is 0 Å². The number of halogens is 1. The van der Waals surface area contributed by atoms with Gasteiger partial charge in [-0.1, -0.05) is 22.9 Å². The third-order valence-corrected chi connectivity index (χ3v) is 4.98. The summed E-state index contributed by atoms with van der Waals surface area (Å²) >= 11 is 3.56. The van der Waals surface area contributed by atoms with E-state index in [0.717, 1.165) is 42.6 Å². The van der Waals surface area contributed by atoms with E-state index in [1.165, 1.54) is 5.56 Å². The molecule has 0 saturated carbocycles. The summed E-state index contributed by atoms with van der Waals surface area (Å²) in [6.45, 7) is 6.16. The normalized spacial score (nSPS) is 32.1. The summed E-state index contributed by atoms with van der Waals surface area (Å²) in [5.74, 6) is 1.01. The molecule has 2 aliphatic heterocycles. The predicted octanol–water partition coefficient (Wildman–Crippen LogP) is 3.82. The lowest BCUT2D eigenvalue weighted by Crippen LogP contribution is -2.48. The zero-order valence-corrected chi connectivity index (χ0v) is 13.7. The molecule has 20 heavy (non-hydrogen) atoms. The van der Waals surface area contributed by atoms with E-state index in [1.807, 2.05) is 0 Å². The SMILES string of the molecule is CCCNC1CC2(CCOC2C)Oc2ccc(Br)cc21. The largest absolute Gasteiger partial charge is 0.484 e. The molecule has 3 atom stereocenters. The zero-order chi connectivity index (χ0) is 14.2. The fourth-order valence-corrected chi connectivity index (χ4v) is 3.65. The molecule has 2 aliphatic rings. The second-order valence-corrected chi connectivity index (χ2v) is 6.74.